The molecule has 3 nitrogen and oxygen atoms in total. The van der Waals surface area contributed by atoms with Crippen molar-refractivity contribution in [3.63, 3.8) is 0 Å². The molecule has 1 unspecified atom stereocenters. The highest BCUT2D eigenvalue weighted by atomic mass is 16.5. The summed E-state index contributed by atoms with van der Waals surface area (Å²) in [4.78, 5) is 14.6. The average Bonchev–Trinajstić information content (AvgIpc) is 2.92. The lowest BCUT2D eigenvalue weighted by molar-refractivity contribution is -0.123. The Hall–Kier alpha value is -1.51. The van der Waals surface area contributed by atoms with Crippen molar-refractivity contribution in [2.45, 2.75) is 38.6 Å². The molecule has 3 heteroatoms. The van der Waals surface area contributed by atoms with E-state index in [1.807, 2.05) is 29.2 Å². The Kier molecular flexibility index (Phi) is 2.98. The van der Waals surface area contributed by atoms with Crippen LogP contribution in [0.5, 0.6) is 5.75 Å². The maximum Gasteiger partial charge on any atom is 0.230 e. The van der Waals surface area contributed by atoms with Gasteiger partial charge in [-0.3, -0.25) is 4.79 Å². The summed E-state index contributed by atoms with van der Waals surface area (Å²) in [5, 5.41) is 0. The first-order chi connectivity index (χ1) is 8.77. The van der Waals surface area contributed by atoms with Crippen molar-refractivity contribution in [1.29, 1.82) is 0 Å². The van der Waals surface area contributed by atoms with Gasteiger partial charge in [0.05, 0.1) is 11.7 Å². The van der Waals surface area contributed by atoms with Crippen LogP contribution in [0.25, 0.3) is 0 Å². The highest BCUT2D eigenvalue weighted by Gasteiger charge is 2.34. The lowest BCUT2D eigenvalue weighted by Gasteiger charge is -2.36. The maximum atomic E-state index is 12.6. The fourth-order valence-electron chi connectivity index (χ4n) is 3.01. The molecule has 3 rings (SSSR count). The van der Waals surface area contributed by atoms with Gasteiger partial charge in [0.25, 0.3) is 0 Å². The van der Waals surface area contributed by atoms with E-state index in [9.17, 15) is 4.79 Å². The van der Waals surface area contributed by atoms with Gasteiger partial charge in [0, 0.05) is 5.92 Å². The second-order valence-corrected chi connectivity index (χ2v) is 5.32. The first kappa shape index (κ1) is 11.6. The van der Waals surface area contributed by atoms with Crippen molar-refractivity contribution < 1.29 is 9.53 Å². The van der Waals surface area contributed by atoms with Gasteiger partial charge in [0.1, 0.15) is 12.4 Å². The quantitative estimate of drug-likeness (QED) is 0.761. The molecule has 1 aromatic carbocycles. The van der Waals surface area contributed by atoms with Crippen LogP contribution in [0, 0.1) is 5.92 Å². The molecule has 0 radical (unpaired) electrons. The second-order valence-electron chi connectivity index (χ2n) is 5.32. The molecule has 1 saturated carbocycles. The van der Waals surface area contributed by atoms with Crippen LogP contribution >= 0.6 is 0 Å². The van der Waals surface area contributed by atoms with E-state index in [1.54, 1.807) is 0 Å². The summed E-state index contributed by atoms with van der Waals surface area (Å²) in [5.41, 5.74) is 0.938. The van der Waals surface area contributed by atoms with Crippen molar-refractivity contribution in [2.24, 2.45) is 5.92 Å². The van der Waals surface area contributed by atoms with Gasteiger partial charge in [-0.2, -0.15) is 0 Å². The Morgan fingerprint density at radius 2 is 2.00 bits per heavy atom. The monoisotopic (exact) mass is 245 g/mol. The first-order valence-corrected chi connectivity index (χ1v) is 6.82. The molecule has 0 spiro atoms. The molecule has 0 bridgehead atoms. The molecule has 1 aliphatic carbocycles. The number of rotatable bonds is 1. The van der Waals surface area contributed by atoms with Crippen molar-refractivity contribution in [2.75, 3.05) is 11.5 Å². The number of ether oxygens (including phenoxy) is 1. The molecular formula is C15H19NO2. The summed E-state index contributed by atoms with van der Waals surface area (Å²) in [7, 11) is 0. The first-order valence-electron chi connectivity index (χ1n) is 6.82. The van der Waals surface area contributed by atoms with Crippen molar-refractivity contribution >= 4 is 11.6 Å². The number of nitrogens with zero attached hydrogens (tertiary/aromatic N) is 1. The van der Waals surface area contributed by atoms with E-state index in [2.05, 4.69) is 6.92 Å². The molecule has 1 heterocycles. The predicted octanol–water partition coefficient (Wildman–Crippen LogP) is 2.99. The summed E-state index contributed by atoms with van der Waals surface area (Å²) in [5.74, 6) is 1.34. The lowest BCUT2D eigenvalue weighted by Crippen LogP contribution is -2.47. The van der Waals surface area contributed by atoms with Gasteiger partial charge in [0.2, 0.25) is 5.91 Å². The van der Waals surface area contributed by atoms with Gasteiger partial charge in [-0.15, -0.1) is 0 Å². The zero-order chi connectivity index (χ0) is 12.5. The van der Waals surface area contributed by atoms with E-state index in [1.165, 1.54) is 12.8 Å². The Morgan fingerprint density at radius 3 is 2.78 bits per heavy atom. The molecule has 2 aliphatic rings. The van der Waals surface area contributed by atoms with E-state index >= 15 is 0 Å². The number of carbonyl (C=O) groups excluding carboxylic acids is 1. The normalized spacial score (nSPS) is 23.6. The molecule has 96 valence electrons. The fraction of sp³-hybridized carbons (Fsp3) is 0.533. The number of fused-ring (bicyclic) bond motifs is 1. The third-order valence-corrected chi connectivity index (χ3v) is 3.99. The van der Waals surface area contributed by atoms with Crippen LogP contribution < -0.4 is 9.64 Å². The Labute approximate surface area is 108 Å². The maximum absolute atomic E-state index is 12.6. The average molecular weight is 245 g/mol. The molecule has 18 heavy (non-hydrogen) atoms. The van der Waals surface area contributed by atoms with Crippen LogP contribution in [-0.2, 0) is 4.79 Å². The smallest absolute Gasteiger partial charge is 0.230 e. The highest BCUT2D eigenvalue weighted by molar-refractivity contribution is 5.97. The van der Waals surface area contributed by atoms with Crippen molar-refractivity contribution in [1.82, 2.24) is 0 Å². The predicted molar refractivity (Wildman–Crippen MR) is 70.8 cm³/mol. The van der Waals surface area contributed by atoms with Gasteiger partial charge in [0.15, 0.2) is 0 Å². The minimum Gasteiger partial charge on any atom is -0.489 e. The van der Waals surface area contributed by atoms with Crippen LogP contribution in [0.1, 0.15) is 32.6 Å². The molecule has 0 N–H and O–H groups in total. The Balaban J connectivity index is 1.92. The van der Waals surface area contributed by atoms with Gasteiger partial charge in [-0.1, -0.05) is 25.0 Å². The summed E-state index contributed by atoms with van der Waals surface area (Å²) < 4.78 is 5.68. The third kappa shape index (κ3) is 1.88. The van der Waals surface area contributed by atoms with Crippen LogP contribution in [0.15, 0.2) is 24.3 Å². The number of para-hydroxylation sites is 2. The van der Waals surface area contributed by atoms with E-state index < -0.39 is 0 Å². The van der Waals surface area contributed by atoms with E-state index in [0.717, 1.165) is 24.3 Å². The number of amides is 1. The Morgan fingerprint density at radius 1 is 1.28 bits per heavy atom. The second kappa shape index (κ2) is 4.63. The topological polar surface area (TPSA) is 29.5 Å². The van der Waals surface area contributed by atoms with Crippen molar-refractivity contribution in [3.8, 4) is 5.75 Å². The molecule has 1 fully saturated rings. The summed E-state index contributed by atoms with van der Waals surface area (Å²) in [6.45, 7) is 2.65. The molecule has 1 aliphatic heterocycles. The summed E-state index contributed by atoms with van der Waals surface area (Å²) in [6.07, 6.45) is 4.48. The molecule has 1 atom stereocenters. The van der Waals surface area contributed by atoms with Crippen LogP contribution in [0.2, 0.25) is 0 Å². The number of anilines is 1. The van der Waals surface area contributed by atoms with E-state index in [4.69, 9.17) is 4.74 Å². The number of hydrogen-bond donors (Lipinski definition) is 0. The van der Waals surface area contributed by atoms with Crippen molar-refractivity contribution in [3.05, 3.63) is 24.3 Å². The minimum atomic E-state index is 0.132. The molecule has 1 amide bonds. The van der Waals surface area contributed by atoms with Gasteiger partial charge >= 0.3 is 0 Å². The number of benzene rings is 1. The molecule has 0 saturated heterocycles. The largest absolute Gasteiger partial charge is 0.489 e. The lowest BCUT2D eigenvalue weighted by atomic mass is 10.0. The number of carbonyl (C=O) groups is 1. The number of hydrogen-bond acceptors (Lipinski definition) is 2. The highest BCUT2D eigenvalue weighted by Crippen LogP contribution is 2.36. The van der Waals surface area contributed by atoms with Gasteiger partial charge < -0.3 is 9.64 Å². The molecular weight excluding hydrogens is 226 g/mol. The van der Waals surface area contributed by atoms with Crippen LogP contribution in [-0.4, -0.2) is 18.6 Å². The third-order valence-electron chi connectivity index (χ3n) is 3.99. The molecule has 0 aromatic heterocycles. The SMILES string of the molecule is CC1COc2ccccc2N1C(=O)C1CCCC1. The van der Waals surface area contributed by atoms with Gasteiger partial charge in [-0.25, -0.2) is 0 Å². The van der Waals surface area contributed by atoms with Gasteiger partial charge in [-0.05, 0) is 31.9 Å². The van der Waals surface area contributed by atoms with Crippen LogP contribution in [0.3, 0.4) is 0 Å². The standard InChI is InChI=1S/C15H19NO2/c1-11-10-18-14-9-5-4-8-13(14)16(11)15(17)12-6-2-3-7-12/h4-5,8-9,11-12H,2-3,6-7,10H2,1H3. The minimum absolute atomic E-state index is 0.132. The van der Waals surface area contributed by atoms with E-state index in [0.29, 0.717) is 6.61 Å². The van der Waals surface area contributed by atoms with Crippen LogP contribution in [0.4, 0.5) is 5.69 Å². The zero-order valence-electron chi connectivity index (χ0n) is 10.8. The fourth-order valence-corrected chi connectivity index (χ4v) is 3.01. The summed E-state index contributed by atoms with van der Waals surface area (Å²) in [6, 6.07) is 7.98. The summed E-state index contributed by atoms with van der Waals surface area (Å²) >= 11 is 0. The molecule has 1 aromatic rings. The van der Waals surface area contributed by atoms with E-state index in [-0.39, 0.29) is 17.9 Å². The Bertz CT molecular complexity index is 452. The zero-order valence-corrected chi connectivity index (χ0v) is 10.8.